The van der Waals surface area contributed by atoms with E-state index in [1.165, 1.54) is 0 Å². The van der Waals surface area contributed by atoms with Gasteiger partial charge in [-0.15, -0.1) is 0 Å². The molecule has 0 radical (unpaired) electrons. The lowest BCUT2D eigenvalue weighted by molar-refractivity contribution is -0.133. The summed E-state index contributed by atoms with van der Waals surface area (Å²) in [5.41, 5.74) is 8.00. The first kappa shape index (κ1) is 21.4. The van der Waals surface area contributed by atoms with Gasteiger partial charge in [-0.25, -0.2) is 0 Å². The van der Waals surface area contributed by atoms with Gasteiger partial charge in [0.15, 0.2) is 0 Å². The van der Waals surface area contributed by atoms with Crippen LogP contribution in [0.3, 0.4) is 0 Å². The molecule has 0 bridgehead atoms. The number of amides is 2. The van der Waals surface area contributed by atoms with E-state index in [2.05, 4.69) is 28.2 Å². The molecule has 0 saturated heterocycles. The number of carbonyl (C=O) groups excluding carboxylic acids is 2. The lowest BCUT2D eigenvalue weighted by atomic mass is 9.95. The van der Waals surface area contributed by atoms with Crippen LogP contribution in [-0.4, -0.2) is 17.4 Å². The van der Waals surface area contributed by atoms with Gasteiger partial charge in [0.2, 0.25) is 11.8 Å². The topological polar surface area (TPSA) is 82.0 Å². The molecule has 2 aliphatic carbocycles. The highest BCUT2D eigenvalue weighted by Gasteiger charge is 2.42. The van der Waals surface area contributed by atoms with Crippen LogP contribution in [0.4, 0.5) is 0 Å². The molecule has 5 heteroatoms. The van der Waals surface area contributed by atoms with Crippen LogP contribution in [0.15, 0.2) is 53.5 Å². The molecule has 1 fully saturated rings. The molecule has 1 aromatic rings. The summed E-state index contributed by atoms with van der Waals surface area (Å²) in [6, 6.07) is 9.88. The molecule has 154 valence electrons. The maximum atomic E-state index is 13.0. The van der Waals surface area contributed by atoms with Crippen molar-refractivity contribution in [2.75, 3.05) is 0 Å². The fourth-order valence-electron chi connectivity index (χ4n) is 3.93. The number of nitriles is 1. The number of hydrogen-bond acceptors (Lipinski definition) is 3. The van der Waals surface area contributed by atoms with Gasteiger partial charge < -0.3 is 10.6 Å². The van der Waals surface area contributed by atoms with E-state index in [4.69, 9.17) is 0 Å². The van der Waals surface area contributed by atoms with Gasteiger partial charge in [0.05, 0.1) is 0 Å². The average molecular weight is 402 g/mol. The Balaban J connectivity index is 1.62. The summed E-state index contributed by atoms with van der Waals surface area (Å²) in [5, 5.41) is 15.3. The quantitative estimate of drug-likeness (QED) is 0.644. The van der Waals surface area contributed by atoms with Crippen LogP contribution in [-0.2, 0) is 16.1 Å². The number of rotatable bonds is 8. The average Bonchev–Trinajstić information content (AvgIpc) is 3.26. The van der Waals surface area contributed by atoms with E-state index in [0.29, 0.717) is 31.4 Å². The van der Waals surface area contributed by atoms with Crippen molar-refractivity contribution in [2.45, 2.75) is 64.0 Å². The zero-order valence-corrected chi connectivity index (χ0v) is 17.4. The predicted molar refractivity (Wildman–Crippen MR) is 116 cm³/mol. The highest BCUT2D eigenvalue weighted by molar-refractivity contribution is 5.91. The molecule has 0 atom stereocenters. The van der Waals surface area contributed by atoms with Crippen molar-refractivity contribution in [1.82, 2.24) is 10.6 Å². The molecule has 2 amide bonds. The summed E-state index contributed by atoms with van der Waals surface area (Å²) in [6.45, 7) is 2.44. The Morgan fingerprint density at radius 2 is 1.93 bits per heavy atom. The van der Waals surface area contributed by atoms with Crippen LogP contribution >= 0.6 is 0 Å². The van der Waals surface area contributed by atoms with Gasteiger partial charge in [-0.3, -0.25) is 9.59 Å². The van der Waals surface area contributed by atoms with Crippen molar-refractivity contribution >= 4 is 17.4 Å². The highest BCUT2D eigenvalue weighted by Crippen LogP contribution is 2.30. The maximum absolute atomic E-state index is 13.0. The molecular formula is C25H27N3O2. The summed E-state index contributed by atoms with van der Waals surface area (Å²) in [7, 11) is 0. The van der Waals surface area contributed by atoms with Crippen LogP contribution < -0.4 is 10.6 Å². The van der Waals surface area contributed by atoms with Crippen molar-refractivity contribution < 1.29 is 9.59 Å². The molecule has 0 aliphatic heterocycles. The molecule has 0 spiro atoms. The second-order valence-corrected chi connectivity index (χ2v) is 7.82. The number of hydrogen-bond donors (Lipinski definition) is 2. The number of nitrogens with one attached hydrogen (secondary N) is 2. The summed E-state index contributed by atoms with van der Waals surface area (Å²) in [6.07, 6.45) is 9.11. The first-order valence-electron chi connectivity index (χ1n) is 10.6. The summed E-state index contributed by atoms with van der Waals surface area (Å²) < 4.78 is 0. The Morgan fingerprint density at radius 1 is 1.20 bits per heavy atom. The highest BCUT2D eigenvalue weighted by atomic mass is 16.2. The van der Waals surface area contributed by atoms with Gasteiger partial charge in [0, 0.05) is 18.5 Å². The molecule has 0 heterocycles. The van der Waals surface area contributed by atoms with E-state index >= 15 is 0 Å². The Labute approximate surface area is 177 Å². The number of unbranched alkanes of at least 4 members (excludes halogenated alkanes) is 1. The Bertz CT molecular complexity index is 976. The number of nitrogens with zero attached hydrogens (tertiary/aromatic N) is 1. The summed E-state index contributed by atoms with van der Waals surface area (Å²) in [4.78, 5) is 25.2. The molecule has 5 nitrogen and oxygen atoms in total. The molecule has 30 heavy (non-hydrogen) atoms. The standard InChI is InChI=1S/C25H27N3O2/c1-2-3-10-23(29)28-25(15-6-7-16-25)24(30)27-18-19-11-13-20(14-12-19)22-9-5-4-8-21(22)17-26/h5,9,11-14H,2-3,6-7,10,15-16,18H2,1H3,(H,27,30)(H,28,29). The van der Waals surface area contributed by atoms with E-state index in [1.54, 1.807) is 6.08 Å². The number of allylic oxidation sites excluding steroid dienone is 4. The van der Waals surface area contributed by atoms with Crippen LogP contribution in [0.2, 0.25) is 0 Å². The van der Waals surface area contributed by atoms with Crippen LogP contribution in [0.1, 0.15) is 63.0 Å². The second-order valence-electron chi connectivity index (χ2n) is 7.82. The van der Waals surface area contributed by atoms with Gasteiger partial charge >= 0.3 is 0 Å². The van der Waals surface area contributed by atoms with E-state index in [-0.39, 0.29) is 11.8 Å². The zero-order valence-electron chi connectivity index (χ0n) is 17.4. The Kier molecular flexibility index (Phi) is 7.09. The van der Waals surface area contributed by atoms with Crippen molar-refractivity contribution in [3.05, 3.63) is 64.6 Å². The lowest BCUT2D eigenvalue weighted by Crippen LogP contribution is -2.57. The smallest absolute Gasteiger partial charge is 0.246 e. The van der Waals surface area contributed by atoms with Gasteiger partial charge in [-0.1, -0.05) is 61.9 Å². The third-order valence-corrected chi connectivity index (χ3v) is 5.66. The van der Waals surface area contributed by atoms with Gasteiger partial charge in [-0.2, -0.15) is 5.26 Å². The SMILES string of the molecule is CCCCC(=O)NC1(C(=O)NCc2ccc(C3=CC=C=C=C3C#N)cc2)CCCC1. The normalized spacial score (nSPS) is 16.4. The minimum absolute atomic E-state index is 0.0385. The third-order valence-electron chi connectivity index (χ3n) is 5.66. The zero-order chi connectivity index (χ0) is 21.4. The minimum atomic E-state index is -0.775. The Morgan fingerprint density at radius 3 is 2.60 bits per heavy atom. The fraction of sp³-hybridized carbons (Fsp3) is 0.400. The van der Waals surface area contributed by atoms with Crippen molar-refractivity contribution in [3.63, 3.8) is 0 Å². The van der Waals surface area contributed by atoms with Gasteiger partial charge in [-0.05, 0) is 42.5 Å². The fourth-order valence-corrected chi connectivity index (χ4v) is 3.93. The lowest BCUT2D eigenvalue weighted by Gasteiger charge is -2.29. The van der Waals surface area contributed by atoms with Crippen molar-refractivity contribution in [3.8, 4) is 6.07 Å². The van der Waals surface area contributed by atoms with Crippen LogP contribution in [0, 0.1) is 11.3 Å². The van der Waals surface area contributed by atoms with Gasteiger partial charge in [0.1, 0.15) is 17.2 Å². The molecule has 1 saturated carbocycles. The number of carbonyl (C=O) groups is 2. The van der Waals surface area contributed by atoms with Crippen molar-refractivity contribution in [1.29, 1.82) is 5.26 Å². The minimum Gasteiger partial charge on any atom is -0.350 e. The first-order valence-corrected chi connectivity index (χ1v) is 10.6. The second kappa shape index (κ2) is 9.94. The predicted octanol–water partition coefficient (Wildman–Crippen LogP) is 4.08. The summed E-state index contributed by atoms with van der Waals surface area (Å²) >= 11 is 0. The molecule has 0 aromatic heterocycles. The van der Waals surface area contributed by atoms with Crippen LogP contribution in [0.25, 0.3) is 5.57 Å². The largest absolute Gasteiger partial charge is 0.350 e. The molecular weight excluding hydrogens is 374 g/mol. The maximum Gasteiger partial charge on any atom is 0.246 e. The molecule has 1 aromatic carbocycles. The van der Waals surface area contributed by atoms with E-state index < -0.39 is 5.54 Å². The number of benzene rings is 1. The Hall–Kier alpha value is -3.31. The first-order chi connectivity index (χ1) is 14.6. The molecule has 3 rings (SSSR count). The van der Waals surface area contributed by atoms with E-state index in [0.717, 1.165) is 42.4 Å². The van der Waals surface area contributed by atoms with Gasteiger partial charge in [0.25, 0.3) is 0 Å². The summed E-state index contributed by atoms with van der Waals surface area (Å²) in [5.74, 6) is -0.141. The van der Waals surface area contributed by atoms with E-state index in [1.807, 2.05) is 37.3 Å². The van der Waals surface area contributed by atoms with E-state index in [9.17, 15) is 14.9 Å². The molecule has 2 N–H and O–H groups in total. The third kappa shape index (κ3) is 4.99. The van der Waals surface area contributed by atoms with Crippen molar-refractivity contribution in [2.24, 2.45) is 0 Å². The monoisotopic (exact) mass is 401 g/mol. The molecule has 2 aliphatic rings. The van der Waals surface area contributed by atoms with Crippen LogP contribution in [0.5, 0.6) is 0 Å². The molecule has 0 unspecified atom stereocenters.